The number of carbonyl (C=O) groups is 1. The molecule has 2 atom stereocenters. The molecular weight excluding hydrogens is 342 g/mol. The number of benzene rings is 1. The molecule has 8 heteroatoms. The molecule has 2 unspecified atom stereocenters. The summed E-state index contributed by atoms with van der Waals surface area (Å²) >= 11 is 0. The second-order valence-corrected chi connectivity index (χ2v) is 7.40. The zero-order chi connectivity index (χ0) is 18.4. The number of anilines is 2. The molecule has 1 N–H and O–H groups in total. The molecule has 2 amide bonds. The first-order valence-corrected chi connectivity index (χ1v) is 9.21. The summed E-state index contributed by atoms with van der Waals surface area (Å²) in [6.07, 6.45) is 1.62. The number of nitrogens with one attached hydrogen (secondary N) is 1. The van der Waals surface area contributed by atoms with Gasteiger partial charge in [-0.1, -0.05) is 18.2 Å². The molecule has 0 saturated carbocycles. The lowest BCUT2D eigenvalue weighted by atomic mass is 10.0. The van der Waals surface area contributed by atoms with E-state index in [0.29, 0.717) is 11.8 Å². The average Bonchev–Trinajstić information content (AvgIpc) is 3.36. The third-order valence-electron chi connectivity index (χ3n) is 5.63. The number of hydrogen-bond donors (Lipinski definition) is 1. The fourth-order valence-corrected chi connectivity index (χ4v) is 4.14. The Morgan fingerprint density at radius 1 is 1.07 bits per heavy atom. The van der Waals surface area contributed by atoms with Crippen LogP contribution in [0.3, 0.4) is 0 Å². The van der Waals surface area contributed by atoms with Crippen molar-refractivity contribution in [3.8, 4) is 0 Å². The molecule has 4 heterocycles. The quantitative estimate of drug-likeness (QED) is 0.754. The van der Waals surface area contributed by atoms with Crippen molar-refractivity contribution >= 4 is 23.2 Å². The molecule has 2 aliphatic heterocycles. The number of hydrogen-bond acceptors (Lipinski definition) is 5. The Morgan fingerprint density at radius 2 is 1.85 bits per heavy atom. The maximum absolute atomic E-state index is 12.6. The Kier molecular flexibility index (Phi) is 3.70. The van der Waals surface area contributed by atoms with Crippen LogP contribution in [0.1, 0.15) is 5.56 Å². The number of carbonyl (C=O) groups excluding carboxylic acids is 1. The van der Waals surface area contributed by atoms with Gasteiger partial charge in [-0.25, -0.2) is 4.79 Å². The lowest BCUT2D eigenvalue weighted by Crippen LogP contribution is -2.36. The maximum Gasteiger partial charge on any atom is 0.321 e. The Bertz CT molecular complexity index is 986. The lowest BCUT2D eigenvalue weighted by molar-refractivity contribution is 0.219. The molecule has 0 aliphatic carbocycles. The van der Waals surface area contributed by atoms with Gasteiger partial charge in [-0.15, -0.1) is 15.3 Å². The molecule has 5 rings (SSSR count). The summed E-state index contributed by atoms with van der Waals surface area (Å²) < 4.78 is 1.70. The predicted octanol–water partition coefficient (Wildman–Crippen LogP) is 2.03. The highest BCUT2D eigenvalue weighted by Crippen LogP contribution is 2.33. The van der Waals surface area contributed by atoms with E-state index in [4.69, 9.17) is 0 Å². The topological polar surface area (TPSA) is 78.7 Å². The standard InChI is InChI=1S/C19H21N7O/c1-13-4-2-3-5-16(13)21-19(27)25-10-14-8-24(9-15(14)11-25)18-7-6-17-22-20-12-26(17)23-18/h2-7,12,14-15H,8-11H2,1H3,(H,21,27). The Labute approximate surface area is 156 Å². The van der Waals surface area contributed by atoms with Crippen molar-refractivity contribution in [2.24, 2.45) is 11.8 Å². The van der Waals surface area contributed by atoms with Crippen molar-refractivity contribution in [1.29, 1.82) is 0 Å². The molecule has 0 bridgehead atoms. The van der Waals surface area contributed by atoms with Crippen molar-refractivity contribution in [1.82, 2.24) is 24.7 Å². The van der Waals surface area contributed by atoms with Crippen LogP contribution in [-0.4, -0.2) is 56.9 Å². The van der Waals surface area contributed by atoms with E-state index < -0.39 is 0 Å². The highest BCUT2D eigenvalue weighted by molar-refractivity contribution is 5.90. The van der Waals surface area contributed by atoms with Crippen LogP contribution in [-0.2, 0) is 0 Å². The van der Waals surface area contributed by atoms with E-state index in [1.165, 1.54) is 0 Å². The van der Waals surface area contributed by atoms with Gasteiger partial charge in [-0.3, -0.25) is 0 Å². The summed E-state index contributed by atoms with van der Waals surface area (Å²) in [6.45, 7) is 5.41. The first-order valence-electron chi connectivity index (χ1n) is 9.21. The number of urea groups is 1. The van der Waals surface area contributed by atoms with Crippen LogP contribution in [0, 0.1) is 18.8 Å². The Morgan fingerprint density at radius 3 is 2.63 bits per heavy atom. The van der Waals surface area contributed by atoms with E-state index in [0.717, 1.165) is 48.9 Å². The summed E-state index contributed by atoms with van der Waals surface area (Å²) in [4.78, 5) is 16.9. The minimum atomic E-state index is -0.00529. The van der Waals surface area contributed by atoms with Gasteiger partial charge in [0, 0.05) is 43.7 Å². The van der Waals surface area contributed by atoms with E-state index >= 15 is 0 Å². The monoisotopic (exact) mass is 363 g/mol. The first kappa shape index (κ1) is 16.0. The van der Waals surface area contributed by atoms with Gasteiger partial charge in [-0.05, 0) is 30.7 Å². The smallest absolute Gasteiger partial charge is 0.321 e. The molecule has 0 radical (unpaired) electrons. The third-order valence-corrected chi connectivity index (χ3v) is 5.63. The summed E-state index contributed by atoms with van der Waals surface area (Å²) in [7, 11) is 0. The van der Waals surface area contributed by atoms with E-state index in [2.05, 4.69) is 25.5 Å². The molecule has 138 valence electrons. The van der Waals surface area contributed by atoms with E-state index in [9.17, 15) is 4.79 Å². The molecule has 2 aliphatic rings. The molecule has 27 heavy (non-hydrogen) atoms. The van der Waals surface area contributed by atoms with Gasteiger partial charge in [0.05, 0.1) is 0 Å². The number of aryl methyl sites for hydroxylation is 1. The van der Waals surface area contributed by atoms with E-state index in [1.807, 2.05) is 48.2 Å². The highest BCUT2D eigenvalue weighted by atomic mass is 16.2. The van der Waals surface area contributed by atoms with Crippen molar-refractivity contribution in [3.05, 3.63) is 48.3 Å². The van der Waals surface area contributed by atoms with Crippen molar-refractivity contribution in [3.63, 3.8) is 0 Å². The van der Waals surface area contributed by atoms with Crippen LogP contribution in [0.15, 0.2) is 42.7 Å². The van der Waals surface area contributed by atoms with Gasteiger partial charge in [-0.2, -0.15) is 4.52 Å². The molecule has 3 aromatic rings. The van der Waals surface area contributed by atoms with Crippen molar-refractivity contribution in [2.45, 2.75) is 6.92 Å². The normalized spacial score (nSPS) is 21.7. The van der Waals surface area contributed by atoms with Gasteiger partial charge in [0.2, 0.25) is 0 Å². The minimum Gasteiger partial charge on any atom is -0.354 e. The third kappa shape index (κ3) is 2.87. The number of rotatable bonds is 2. The largest absolute Gasteiger partial charge is 0.354 e. The SMILES string of the molecule is Cc1ccccc1NC(=O)N1CC2CN(c3ccc4nncn4n3)CC2C1. The van der Waals surface area contributed by atoms with Crippen LogP contribution in [0.2, 0.25) is 0 Å². The van der Waals surface area contributed by atoms with Crippen LogP contribution >= 0.6 is 0 Å². The number of fused-ring (bicyclic) bond motifs is 2. The van der Waals surface area contributed by atoms with E-state index in [-0.39, 0.29) is 6.03 Å². The van der Waals surface area contributed by atoms with Gasteiger partial charge >= 0.3 is 6.03 Å². The molecule has 2 aromatic heterocycles. The van der Waals surface area contributed by atoms with Gasteiger partial charge < -0.3 is 15.1 Å². The van der Waals surface area contributed by atoms with Crippen LogP contribution in [0.4, 0.5) is 16.3 Å². The van der Waals surface area contributed by atoms with Crippen LogP contribution in [0.25, 0.3) is 5.65 Å². The summed E-state index contributed by atoms with van der Waals surface area (Å²) in [6, 6.07) is 11.8. The highest BCUT2D eigenvalue weighted by Gasteiger charge is 2.42. The van der Waals surface area contributed by atoms with Crippen molar-refractivity contribution in [2.75, 3.05) is 36.4 Å². The fraction of sp³-hybridized carbons (Fsp3) is 0.368. The predicted molar refractivity (Wildman–Crippen MR) is 102 cm³/mol. The van der Waals surface area contributed by atoms with Crippen LogP contribution in [0.5, 0.6) is 0 Å². The summed E-state index contributed by atoms with van der Waals surface area (Å²) in [5.41, 5.74) is 2.71. The molecule has 1 aromatic carbocycles. The lowest BCUT2D eigenvalue weighted by Gasteiger charge is -2.23. The Hall–Kier alpha value is -3.16. The van der Waals surface area contributed by atoms with Gasteiger partial charge in [0.15, 0.2) is 5.65 Å². The maximum atomic E-state index is 12.6. The van der Waals surface area contributed by atoms with Gasteiger partial charge in [0.25, 0.3) is 0 Å². The zero-order valence-electron chi connectivity index (χ0n) is 15.1. The minimum absolute atomic E-state index is 0.00529. The number of likely N-dealkylation sites (tertiary alicyclic amines) is 1. The average molecular weight is 363 g/mol. The molecule has 2 fully saturated rings. The summed E-state index contributed by atoms with van der Waals surface area (Å²) in [5.74, 6) is 1.89. The molecular formula is C19H21N7O. The Balaban J connectivity index is 1.24. The number of nitrogens with zero attached hydrogens (tertiary/aromatic N) is 6. The first-order chi connectivity index (χ1) is 13.2. The second kappa shape index (κ2) is 6.22. The number of para-hydroxylation sites is 1. The number of amides is 2. The fourth-order valence-electron chi connectivity index (χ4n) is 4.14. The molecule has 8 nitrogen and oxygen atoms in total. The number of aromatic nitrogens is 4. The molecule has 2 saturated heterocycles. The van der Waals surface area contributed by atoms with E-state index in [1.54, 1.807) is 10.8 Å². The van der Waals surface area contributed by atoms with Crippen molar-refractivity contribution < 1.29 is 4.79 Å². The zero-order valence-corrected chi connectivity index (χ0v) is 15.1. The second-order valence-electron chi connectivity index (χ2n) is 7.40. The van der Waals surface area contributed by atoms with Crippen LogP contribution < -0.4 is 10.2 Å². The van der Waals surface area contributed by atoms with Gasteiger partial charge in [0.1, 0.15) is 12.1 Å². The molecule has 0 spiro atoms. The summed E-state index contributed by atoms with van der Waals surface area (Å²) in [5, 5.41) is 15.5.